The first-order valence-corrected chi connectivity index (χ1v) is 6.00. The van der Waals surface area contributed by atoms with Crippen LogP contribution in [0.5, 0.6) is 0 Å². The summed E-state index contributed by atoms with van der Waals surface area (Å²) >= 11 is 0. The maximum atomic E-state index is 11.1. The van der Waals surface area contributed by atoms with Crippen molar-refractivity contribution in [1.29, 1.82) is 0 Å². The molecule has 94 valence electrons. The lowest BCUT2D eigenvalue weighted by molar-refractivity contribution is -0.145. The second-order valence-corrected chi connectivity index (χ2v) is 5.21. The van der Waals surface area contributed by atoms with E-state index >= 15 is 0 Å². The summed E-state index contributed by atoms with van der Waals surface area (Å²) in [5, 5.41) is 12.7. The largest absolute Gasteiger partial charge is 0.466 e. The first kappa shape index (κ1) is 13.5. The number of hydrogen-bond acceptors (Lipinski definition) is 4. The third kappa shape index (κ3) is 4.49. The van der Waals surface area contributed by atoms with Gasteiger partial charge in [-0.1, -0.05) is 13.8 Å². The molecule has 0 aromatic carbocycles. The van der Waals surface area contributed by atoms with Gasteiger partial charge in [0, 0.05) is 6.54 Å². The summed E-state index contributed by atoms with van der Waals surface area (Å²) in [6, 6.07) is 0. The molecule has 2 unspecified atom stereocenters. The number of carbonyl (C=O) groups excluding carboxylic acids is 1. The summed E-state index contributed by atoms with van der Waals surface area (Å²) in [4.78, 5) is 11.1. The highest BCUT2D eigenvalue weighted by Crippen LogP contribution is 2.50. The molecule has 1 rings (SSSR count). The number of nitrogens with one attached hydrogen (secondary N) is 1. The predicted molar refractivity (Wildman–Crippen MR) is 62.0 cm³/mol. The topological polar surface area (TPSA) is 58.6 Å². The minimum Gasteiger partial charge on any atom is -0.466 e. The average Bonchev–Trinajstić information content (AvgIpc) is 2.74. The molecule has 1 fully saturated rings. The van der Waals surface area contributed by atoms with Crippen molar-refractivity contribution >= 4 is 5.97 Å². The van der Waals surface area contributed by atoms with E-state index in [1.807, 2.05) is 0 Å². The average molecular weight is 229 g/mol. The SMILES string of the molecule is CCOC(=O)CC(O)CNCC1CC1(C)C. The Bertz CT molecular complexity index is 240. The lowest BCUT2D eigenvalue weighted by Crippen LogP contribution is -2.31. The van der Waals surface area contributed by atoms with Gasteiger partial charge in [0.25, 0.3) is 0 Å². The van der Waals surface area contributed by atoms with E-state index in [1.165, 1.54) is 6.42 Å². The number of aliphatic hydroxyl groups is 1. The van der Waals surface area contributed by atoms with Crippen molar-refractivity contribution in [2.45, 2.75) is 39.7 Å². The van der Waals surface area contributed by atoms with Crippen LogP contribution in [0.1, 0.15) is 33.6 Å². The fraction of sp³-hybridized carbons (Fsp3) is 0.917. The Morgan fingerprint density at radius 1 is 1.62 bits per heavy atom. The first-order valence-electron chi connectivity index (χ1n) is 6.00. The van der Waals surface area contributed by atoms with Gasteiger partial charge in [0.15, 0.2) is 0 Å². The van der Waals surface area contributed by atoms with E-state index in [2.05, 4.69) is 19.2 Å². The highest BCUT2D eigenvalue weighted by molar-refractivity contribution is 5.69. The van der Waals surface area contributed by atoms with Crippen LogP contribution in [-0.2, 0) is 9.53 Å². The Morgan fingerprint density at radius 3 is 2.75 bits per heavy atom. The van der Waals surface area contributed by atoms with E-state index in [4.69, 9.17) is 4.74 Å². The molecule has 4 nitrogen and oxygen atoms in total. The number of rotatable bonds is 7. The van der Waals surface area contributed by atoms with E-state index in [1.54, 1.807) is 6.92 Å². The standard InChI is InChI=1S/C12H23NO3/c1-4-16-11(15)5-10(14)8-13-7-9-6-12(9,2)3/h9-10,13-14H,4-8H2,1-3H3. The van der Waals surface area contributed by atoms with Gasteiger partial charge >= 0.3 is 5.97 Å². The van der Waals surface area contributed by atoms with Crippen LogP contribution in [0, 0.1) is 11.3 Å². The lowest BCUT2D eigenvalue weighted by Gasteiger charge is -2.11. The quantitative estimate of drug-likeness (QED) is 0.638. The van der Waals surface area contributed by atoms with Crippen molar-refractivity contribution < 1.29 is 14.6 Å². The molecule has 0 aliphatic heterocycles. The number of ether oxygens (including phenoxy) is 1. The van der Waals surface area contributed by atoms with Crippen molar-refractivity contribution in [2.24, 2.45) is 11.3 Å². The van der Waals surface area contributed by atoms with E-state index < -0.39 is 6.10 Å². The summed E-state index contributed by atoms with van der Waals surface area (Å²) in [6.07, 6.45) is 0.684. The van der Waals surface area contributed by atoms with Crippen LogP contribution in [0.2, 0.25) is 0 Å². The molecule has 0 spiro atoms. The van der Waals surface area contributed by atoms with Gasteiger partial charge < -0.3 is 15.2 Å². The highest BCUT2D eigenvalue weighted by Gasteiger charge is 2.44. The van der Waals surface area contributed by atoms with Gasteiger partial charge in [-0.15, -0.1) is 0 Å². The van der Waals surface area contributed by atoms with Gasteiger partial charge in [-0.05, 0) is 31.2 Å². The monoisotopic (exact) mass is 229 g/mol. The second-order valence-electron chi connectivity index (χ2n) is 5.21. The molecule has 1 saturated carbocycles. The zero-order valence-electron chi connectivity index (χ0n) is 10.5. The number of aliphatic hydroxyl groups excluding tert-OH is 1. The van der Waals surface area contributed by atoms with Crippen LogP contribution in [0.15, 0.2) is 0 Å². The molecule has 0 aromatic heterocycles. The molecule has 2 N–H and O–H groups in total. The van der Waals surface area contributed by atoms with E-state index in [9.17, 15) is 9.90 Å². The summed E-state index contributed by atoms with van der Waals surface area (Å²) in [5.74, 6) is 0.380. The Hall–Kier alpha value is -0.610. The fourth-order valence-electron chi connectivity index (χ4n) is 1.83. The molecule has 16 heavy (non-hydrogen) atoms. The first-order chi connectivity index (χ1) is 7.45. The Balaban J connectivity index is 2.02. The number of esters is 1. The molecule has 4 heteroatoms. The summed E-state index contributed by atoms with van der Waals surface area (Å²) in [6.45, 7) is 8.01. The molecular weight excluding hydrogens is 206 g/mol. The smallest absolute Gasteiger partial charge is 0.308 e. The van der Waals surface area contributed by atoms with Crippen molar-refractivity contribution in [3.05, 3.63) is 0 Å². The van der Waals surface area contributed by atoms with Crippen LogP contribution in [0.4, 0.5) is 0 Å². The summed E-state index contributed by atoms with van der Waals surface area (Å²) in [7, 11) is 0. The maximum Gasteiger partial charge on any atom is 0.308 e. The Kier molecular flexibility index (Phi) is 4.74. The van der Waals surface area contributed by atoms with Gasteiger partial charge in [0.05, 0.1) is 19.1 Å². The molecule has 2 atom stereocenters. The van der Waals surface area contributed by atoms with Gasteiger partial charge in [-0.3, -0.25) is 4.79 Å². The minimum absolute atomic E-state index is 0.0783. The van der Waals surface area contributed by atoms with Gasteiger partial charge in [0.2, 0.25) is 0 Å². The van der Waals surface area contributed by atoms with E-state index in [-0.39, 0.29) is 12.4 Å². The van der Waals surface area contributed by atoms with Crippen LogP contribution in [-0.4, -0.2) is 36.9 Å². The molecule has 0 aromatic rings. The van der Waals surface area contributed by atoms with Crippen LogP contribution >= 0.6 is 0 Å². The van der Waals surface area contributed by atoms with Gasteiger partial charge in [-0.25, -0.2) is 0 Å². The van der Waals surface area contributed by atoms with E-state index in [0.717, 1.165) is 6.54 Å². The molecule has 0 bridgehead atoms. The summed E-state index contributed by atoms with van der Waals surface area (Å²) < 4.78 is 4.76. The lowest BCUT2D eigenvalue weighted by atomic mass is 10.1. The second kappa shape index (κ2) is 5.64. The van der Waals surface area contributed by atoms with Crippen molar-refractivity contribution in [2.75, 3.05) is 19.7 Å². The normalized spacial score (nSPS) is 23.9. The third-order valence-electron chi connectivity index (χ3n) is 3.20. The van der Waals surface area contributed by atoms with Crippen molar-refractivity contribution in [3.8, 4) is 0 Å². The number of hydrogen-bond donors (Lipinski definition) is 2. The van der Waals surface area contributed by atoms with Crippen molar-refractivity contribution in [3.63, 3.8) is 0 Å². The highest BCUT2D eigenvalue weighted by atomic mass is 16.5. The van der Waals surface area contributed by atoms with Gasteiger partial charge in [-0.2, -0.15) is 0 Å². The Labute approximate surface area is 97.4 Å². The van der Waals surface area contributed by atoms with Crippen LogP contribution < -0.4 is 5.32 Å². The molecule has 0 amide bonds. The van der Waals surface area contributed by atoms with Crippen LogP contribution in [0.25, 0.3) is 0 Å². The molecule has 0 saturated heterocycles. The molecule has 0 heterocycles. The molecule has 1 aliphatic carbocycles. The van der Waals surface area contributed by atoms with Gasteiger partial charge in [0.1, 0.15) is 0 Å². The third-order valence-corrected chi connectivity index (χ3v) is 3.20. The van der Waals surface area contributed by atoms with Crippen molar-refractivity contribution in [1.82, 2.24) is 5.32 Å². The maximum absolute atomic E-state index is 11.1. The summed E-state index contributed by atoms with van der Waals surface area (Å²) in [5.41, 5.74) is 0.457. The molecule has 0 radical (unpaired) electrons. The van der Waals surface area contributed by atoms with Crippen LogP contribution in [0.3, 0.4) is 0 Å². The van der Waals surface area contributed by atoms with E-state index in [0.29, 0.717) is 24.5 Å². The Morgan fingerprint density at radius 2 is 2.25 bits per heavy atom. The predicted octanol–water partition coefficient (Wildman–Crippen LogP) is 0.936. The molecule has 1 aliphatic rings. The zero-order valence-corrected chi connectivity index (χ0v) is 10.5. The number of carbonyl (C=O) groups is 1. The zero-order chi connectivity index (χ0) is 12.2. The fourth-order valence-corrected chi connectivity index (χ4v) is 1.83. The molecular formula is C12H23NO3. The minimum atomic E-state index is -0.638.